The third-order valence-corrected chi connectivity index (χ3v) is 7.89. The number of hydrogen-bond donors (Lipinski definition) is 1. The summed E-state index contributed by atoms with van der Waals surface area (Å²) in [5.41, 5.74) is 3.70. The molecule has 172 valence electrons. The van der Waals surface area contributed by atoms with E-state index in [1.54, 1.807) is 18.2 Å². The molecule has 0 saturated carbocycles. The van der Waals surface area contributed by atoms with Gasteiger partial charge in [-0.05, 0) is 73.2 Å². The molecular formula is C25H24ClFN2O3S. The largest absolute Gasteiger partial charge is 0.348 e. The molecule has 1 amide bonds. The molecule has 5 nitrogen and oxygen atoms in total. The molecule has 8 heteroatoms. The summed E-state index contributed by atoms with van der Waals surface area (Å²) in [6.45, 7) is 1.38. The van der Waals surface area contributed by atoms with E-state index in [-0.39, 0.29) is 21.6 Å². The molecule has 0 aliphatic heterocycles. The average Bonchev–Trinajstić information content (AvgIpc) is 3.28. The van der Waals surface area contributed by atoms with Crippen molar-refractivity contribution in [3.8, 4) is 0 Å². The zero-order valence-corrected chi connectivity index (χ0v) is 19.7. The van der Waals surface area contributed by atoms with Crippen molar-refractivity contribution < 1.29 is 17.6 Å². The summed E-state index contributed by atoms with van der Waals surface area (Å²) in [4.78, 5) is 13.0. The molecule has 0 aromatic heterocycles. The highest BCUT2D eigenvalue weighted by Crippen LogP contribution is 2.28. The number of benzene rings is 3. The van der Waals surface area contributed by atoms with Crippen molar-refractivity contribution in [2.45, 2.75) is 37.1 Å². The lowest BCUT2D eigenvalue weighted by atomic mass is 10.0. The van der Waals surface area contributed by atoms with Crippen molar-refractivity contribution >= 4 is 33.2 Å². The second kappa shape index (κ2) is 9.53. The van der Waals surface area contributed by atoms with E-state index in [1.165, 1.54) is 35.4 Å². The Morgan fingerprint density at radius 1 is 1.06 bits per heavy atom. The van der Waals surface area contributed by atoms with E-state index in [1.807, 2.05) is 13.0 Å². The molecule has 1 N–H and O–H groups in total. The molecule has 3 aromatic carbocycles. The highest BCUT2D eigenvalue weighted by molar-refractivity contribution is 7.92. The van der Waals surface area contributed by atoms with Crippen LogP contribution in [0.15, 0.2) is 71.6 Å². The lowest BCUT2D eigenvalue weighted by Crippen LogP contribution is -2.41. The van der Waals surface area contributed by atoms with Crippen LogP contribution in [0.25, 0.3) is 0 Å². The molecule has 0 unspecified atom stereocenters. The molecule has 0 radical (unpaired) electrons. The van der Waals surface area contributed by atoms with Crippen LogP contribution in [-0.4, -0.2) is 20.9 Å². The van der Waals surface area contributed by atoms with Gasteiger partial charge in [-0.25, -0.2) is 12.8 Å². The Balaban J connectivity index is 1.59. The number of fused-ring (bicyclic) bond motifs is 1. The van der Waals surface area contributed by atoms with E-state index in [0.717, 1.165) is 35.2 Å². The molecule has 0 heterocycles. The molecule has 1 aliphatic rings. The van der Waals surface area contributed by atoms with Crippen LogP contribution in [0.1, 0.15) is 36.1 Å². The second-order valence-corrected chi connectivity index (χ2v) is 10.4. The molecule has 1 atom stereocenters. The number of amides is 1. The van der Waals surface area contributed by atoms with Crippen LogP contribution >= 0.6 is 11.6 Å². The van der Waals surface area contributed by atoms with Crippen LogP contribution < -0.4 is 9.62 Å². The summed E-state index contributed by atoms with van der Waals surface area (Å²) in [6, 6.07) is 17.2. The monoisotopic (exact) mass is 486 g/mol. The Bertz CT molecular complexity index is 1280. The summed E-state index contributed by atoms with van der Waals surface area (Å²) in [5, 5.41) is 2.66. The lowest BCUT2D eigenvalue weighted by molar-refractivity contribution is -0.120. The first kappa shape index (κ1) is 23.3. The first-order valence-electron chi connectivity index (χ1n) is 10.7. The van der Waals surface area contributed by atoms with Crippen LogP contribution in [0.5, 0.6) is 0 Å². The smallest absolute Gasteiger partial charge is 0.264 e. The fourth-order valence-electron chi connectivity index (χ4n) is 4.04. The van der Waals surface area contributed by atoms with Crippen LogP contribution in [0.3, 0.4) is 0 Å². The molecule has 4 rings (SSSR count). The molecule has 0 bridgehead atoms. The van der Waals surface area contributed by atoms with Crippen molar-refractivity contribution in [2.24, 2.45) is 0 Å². The Morgan fingerprint density at radius 3 is 2.52 bits per heavy atom. The Hall–Kier alpha value is -2.90. The van der Waals surface area contributed by atoms with Gasteiger partial charge in [0.15, 0.2) is 0 Å². The van der Waals surface area contributed by atoms with E-state index in [9.17, 15) is 17.6 Å². The van der Waals surface area contributed by atoms with E-state index in [2.05, 4.69) is 17.4 Å². The van der Waals surface area contributed by atoms with Gasteiger partial charge >= 0.3 is 0 Å². The number of rotatable bonds is 7. The first-order chi connectivity index (χ1) is 15.8. The molecule has 0 fully saturated rings. The third kappa shape index (κ3) is 5.04. The van der Waals surface area contributed by atoms with Gasteiger partial charge in [-0.15, -0.1) is 0 Å². The number of nitrogens with one attached hydrogen (secondary N) is 1. The number of aryl methyl sites for hydroxylation is 2. The van der Waals surface area contributed by atoms with Crippen LogP contribution in [-0.2, 0) is 27.7 Å². The zero-order valence-electron chi connectivity index (χ0n) is 18.1. The van der Waals surface area contributed by atoms with Crippen LogP contribution in [0.4, 0.5) is 10.1 Å². The summed E-state index contributed by atoms with van der Waals surface area (Å²) in [5.74, 6) is -1.16. The fraction of sp³-hybridized carbons (Fsp3) is 0.240. The molecule has 3 aromatic rings. The third-order valence-electron chi connectivity index (χ3n) is 5.81. The summed E-state index contributed by atoms with van der Waals surface area (Å²) in [7, 11) is -4.10. The van der Waals surface area contributed by atoms with E-state index < -0.39 is 28.3 Å². The van der Waals surface area contributed by atoms with Gasteiger partial charge in [0.25, 0.3) is 10.0 Å². The summed E-state index contributed by atoms with van der Waals surface area (Å²) >= 11 is 5.90. The highest BCUT2D eigenvalue weighted by atomic mass is 35.5. The number of nitrogens with zero attached hydrogens (tertiary/aromatic N) is 1. The van der Waals surface area contributed by atoms with Crippen LogP contribution in [0, 0.1) is 5.82 Å². The number of carbonyl (C=O) groups excluding carboxylic acids is 1. The van der Waals surface area contributed by atoms with Gasteiger partial charge in [0.1, 0.15) is 12.4 Å². The predicted molar refractivity (Wildman–Crippen MR) is 127 cm³/mol. The second-order valence-electron chi connectivity index (χ2n) is 8.09. The zero-order chi connectivity index (χ0) is 23.6. The lowest BCUT2D eigenvalue weighted by Gasteiger charge is -2.25. The first-order valence-corrected chi connectivity index (χ1v) is 12.5. The van der Waals surface area contributed by atoms with Gasteiger partial charge in [0.2, 0.25) is 5.91 Å². The van der Waals surface area contributed by atoms with E-state index in [0.29, 0.717) is 0 Å². The van der Waals surface area contributed by atoms with E-state index in [4.69, 9.17) is 11.6 Å². The normalized spacial score (nSPS) is 13.9. The Kier molecular flexibility index (Phi) is 6.72. The molecule has 0 saturated heterocycles. The highest BCUT2D eigenvalue weighted by Gasteiger charge is 2.28. The van der Waals surface area contributed by atoms with E-state index >= 15 is 0 Å². The summed E-state index contributed by atoms with van der Waals surface area (Å²) in [6.07, 6.45) is 3.23. The number of sulfonamides is 1. The molecule has 0 spiro atoms. The van der Waals surface area contributed by atoms with Crippen molar-refractivity contribution in [3.63, 3.8) is 0 Å². The van der Waals surface area contributed by atoms with Gasteiger partial charge in [0.05, 0.1) is 21.6 Å². The van der Waals surface area contributed by atoms with Gasteiger partial charge < -0.3 is 5.32 Å². The maximum Gasteiger partial charge on any atom is 0.264 e. The number of anilines is 1. The van der Waals surface area contributed by atoms with Gasteiger partial charge in [-0.3, -0.25) is 9.10 Å². The van der Waals surface area contributed by atoms with Gasteiger partial charge in [0, 0.05) is 0 Å². The Morgan fingerprint density at radius 2 is 1.79 bits per heavy atom. The van der Waals surface area contributed by atoms with Crippen molar-refractivity contribution in [3.05, 3.63) is 94.3 Å². The van der Waals surface area contributed by atoms with Crippen molar-refractivity contribution in [1.29, 1.82) is 0 Å². The minimum Gasteiger partial charge on any atom is -0.348 e. The van der Waals surface area contributed by atoms with Crippen LogP contribution in [0.2, 0.25) is 5.02 Å². The fourth-order valence-corrected chi connectivity index (χ4v) is 5.65. The molecule has 33 heavy (non-hydrogen) atoms. The predicted octanol–water partition coefficient (Wildman–Crippen LogP) is 5.04. The Labute approximate surface area is 198 Å². The molecular weight excluding hydrogens is 463 g/mol. The minimum atomic E-state index is -4.10. The number of carbonyl (C=O) groups is 1. The maximum atomic E-state index is 13.7. The molecule has 1 aliphatic carbocycles. The maximum absolute atomic E-state index is 13.7. The van der Waals surface area contributed by atoms with Gasteiger partial charge in [-0.1, -0.05) is 48.0 Å². The standard InChI is InChI=1S/C25H24ClFN2O3S/c1-17(19-11-10-18-6-5-7-20(18)14-19)28-25(30)16-29(21-12-13-24(27)23(26)15-21)33(31,32)22-8-3-2-4-9-22/h2-4,8-15,17H,5-7,16H2,1H3,(H,28,30)/t17-/m1/s1. The number of halogens is 2. The van der Waals surface area contributed by atoms with Crippen molar-refractivity contribution in [2.75, 3.05) is 10.8 Å². The van der Waals surface area contributed by atoms with Gasteiger partial charge in [-0.2, -0.15) is 0 Å². The topological polar surface area (TPSA) is 66.5 Å². The summed E-state index contributed by atoms with van der Waals surface area (Å²) < 4.78 is 41.4. The SMILES string of the molecule is C[C@@H](NC(=O)CN(c1ccc(F)c(Cl)c1)S(=O)(=O)c1ccccc1)c1ccc2c(c1)CCC2. The van der Waals surface area contributed by atoms with Crippen molar-refractivity contribution in [1.82, 2.24) is 5.32 Å². The average molecular weight is 487 g/mol. The number of hydrogen-bond acceptors (Lipinski definition) is 3. The quantitative estimate of drug-likeness (QED) is 0.508. The minimum absolute atomic E-state index is 0.0184.